The molecule has 4 nitrogen and oxygen atoms in total. The predicted molar refractivity (Wildman–Crippen MR) is 141 cm³/mol. The lowest BCUT2D eigenvalue weighted by Gasteiger charge is -2.32. The van der Waals surface area contributed by atoms with E-state index in [4.69, 9.17) is 4.74 Å². The largest absolute Gasteiger partial charge is 0.465 e. The van der Waals surface area contributed by atoms with Crippen molar-refractivity contribution in [1.82, 2.24) is 0 Å². The van der Waals surface area contributed by atoms with Gasteiger partial charge in [-0.3, -0.25) is 0 Å². The molecule has 176 valence electrons. The van der Waals surface area contributed by atoms with Crippen LogP contribution in [0.5, 0.6) is 0 Å². The summed E-state index contributed by atoms with van der Waals surface area (Å²) in [4.78, 5) is 0. The lowest BCUT2D eigenvalue weighted by atomic mass is 9.87. The van der Waals surface area contributed by atoms with Crippen molar-refractivity contribution in [2.45, 2.75) is 41.5 Å². The summed E-state index contributed by atoms with van der Waals surface area (Å²) in [5.74, 6) is 1.85. The Balaban J connectivity index is 2.33. The van der Waals surface area contributed by atoms with Crippen LogP contribution in [0.4, 0.5) is 0 Å². The van der Waals surface area contributed by atoms with Crippen molar-refractivity contribution < 1.29 is 4.74 Å². The Bertz CT molecular complexity index is 1230. The first-order valence-corrected chi connectivity index (χ1v) is 11.4. The van der Waals surface area contributed by atoms with Crippen molar-refractivity contribution in [3.63, 3.8) is 0 Å². The van der Waals surface area contributed by atoms with Crippen LogP contribution < -0.4 is 0 Å². The summed E-state index contributed by atoms with van der Waals surface area (Å²) in [6.07, 6.45) is 15.0. The zero-order chi connectivity index (χ0) is 26.1. The van der Waals surface area contributed by atoms with Gasteiger partial charge in [-0.15, -0.1) is 0 Å². The first-order chi connectivity index (χ1) is 16.5. The predicted octanol–water partition coefficient (Wildman–Crippen LogP) is 7.87. The number of hydrogen-bond acceptors (Lipinski definition) is 4. The van der Waals surface area contributed by atoms with Crippen molar-refractivity contribution in [3.05, 3.63) is 113 Å². The molecular formula is C31H31N3O. The number of nitriles is 3. The van der Waals surface area contributed by atoms with Gasteiger partial charge >= 0.3 is 0 Å². The van der Waals surface area contributed by atoms with Gasteiger partial charge in [0, 0.05) is 16.4 Å². The van der Waals surface area contributed by atoms with Crippen LogP contribution in [0.15, 0.2) is 107 Å². The van der Waals surface area contributed by atoms with Crippen molar-refractivity contribution in [2.24, 2.45) is 10.8 Å². The van der Waals surface area contributed by atoms with E-state index in [0.717, 1.165) is 17.1 Å². The number of rotatable bonds is 5. The van der Waals surface area contributed by atoms with Crippen LogP contribution in [0, 0.1) is 44.8 Å². The van der Waals surface area contributed by atoms with Crippen molar-refractivity contribution in [3.8, 4) is 18.2 Å². The number of allylic oxidation sites excluding steroid dienone is 14. The maximum atomic E-state index is 9.69. The van der Waals surface area contributed by atoms with Gasteiger partial charge in [0.05, 0.1) is 11.6 Å². The Labute approximate surface area is 209 Å². The van der Waals surface area contributed by atoms with E-state index in [-0.39, 0.29) is 22.0 Å². The fourth-order valence-corrected chi connectivity index (χ4v) is 3.16. The Morgan fingerprint density at radius 1 is 0.743 bits per heavy atom. The second-order valence-electron chi connectivity index (χ2n) is 10.1. The van der Waals surface area contributed by atoms with Crippen molar-refractivity contribution in [2.75, 3.05) is 0 Å². The summed E-state index contributed by atoms with van der Waals surface area (Å²) in [5, 5.41) is 28.5. The van der Waals surface area contributed by atoms with E-state index in [1.165, 1.54) is 0 Å². The van der Waals surface area contributed by atoms with E-state index in [9.17, 15) is 15.8 Å². The van der Waals surface area contributed by atoms with Crippen LogP contribution in [-0.4, -0.2) is 0 Å². The SMILES string of the molecule is CC(C)(C)C1=CC(=C/C=C/C=C/C=C(\C#N)C(=C(C#N)C#N)c2ccccc2)C=C(C(C)(C)C)O1. The highest BCUT2D eigenvalue weighted by Gasteiger charge is 2.28. The van der Waals surface area contributed by atoms with Crippen LogP contribution in [0.2, 0.25) is 0 Å². The van der Waals surface area contributed by atoms with Gasteiger partial charge in [0.1, 0.15) is 29.2 Å². The maximum absolute atomic E-state index is 9.69. The van der Waals surface area contributed by atoms with Gasteiger partial charge < -0.3 is 4.74 Å². The van der Waals surface area contributed by atoms with Crippen LogP contribution in [-0.2, 0) is 4.74 Å². The summed E-state index contributed by atoms with van der Waals surface area (Å²) in [6, 6.07) is 14.9. The number of benzene rings is 1. The minimum Gasteiger partial charge on any atom is -0.465 e. The standard InChI is InChI=1S/C31H31N3O/c1-30(2,3)27-18-23(19-28(35-27)31(4,5)6)14-10-7-8-11-17-25(20-32)29(26(21-33)22-34)24-15-12-9-13-16-24/h7-19H,1-6H3/b10-7+,11-8+,25-17+. The molecule has 0 aromatic heterocycles. The van der Waals surface area contributed by atoms with E-state index in [0.29, 0.717) is 11.1 Å². The summed E-state index contributed by atoms with van der Waals surface area (Å²) in [5.41, 5.74) is 1.96. The zero-order valence-electron chi connectivity index (χ0n) is 21.3. The van der Waals surface area contributed by atoms with Crippen molar-refractivity contribution in [1.29, 1.82) is 15.8 Å². The quantitative estimate of drug-likeness (QED) is 0.330. The van der Waals surface area contributed by atoms with Gasteiger partial charge in [-0.05, 0) is 29.4 Å². The molecule has 0 saturated carbocycles. The smallest absolute Gasteiger partial charge is 0.138 e. The van der Waals surface area contributed by atoms with Gasteiger partial charge in [0.2, 0.25) is 0 Å². The molecule has 0 bridgehead atoms. The zero-order valence-corrected chi connectivity index (χ0v) is 21.3. The minimum absolute atomic E-state index is 0.0972. The lowest BCUT2D eigenvalue weighted by molar-refractivity contribution is 0.161. The van der Waals surface area contributed by atoms with Crippen LogP contribution in [0.1, 0.15) is 47.1 Å². The Morgan fingerprint density at radius 2 is 1.29 bits per heavy atom. The highest BCUT2D eigenvalue weighted by atomic mass is 16.5. The minimum atomic E-state index is -0.109. The van der Waals surface area contributed by atoms with Crippen molar-refractivity contribution >= 4 is 5.57 Å². The molecular weight excluding hydrogens is 430 g/mol. The first kappa shape index (κ1) is 26.9. The summed E-state index contributed by atoms with van der Waals surface area (Å²) < 4.78 is 6.18. The highest BCUT2D eigenvalue weighted by molar-refractivity contribution is 5.89. The summed E-state index contributed by atoms with van der Waals surface area (Å²) in [6.45, 7) is 12.8. The Kier molecular flexibility index (Phi) is 8.99. The fraction of sp³-hybridized carbons (Fsp3) is 0.258. The van der Waals surface area contributed by atoms with E-state index in [1.54, 1.807) is 42.5 Å². The van der Waals surface area contributed by atoms with E-state index >= 15 is 0 Å². The van der Waals surface area contributed by atoms with Gasteiger partial charge in [-0.2, -0.15) is 15.8 Å². The highest BCUT2D eigenvalue weighted by Crippen LogP contribution is 2.38. The van der Waals surface area contributed by atoms with Crippen LogP contribution >= 0.6 is 0 Å². The van der Waals surface area contributed by atoms with E-state index in [1.807, 2.05) is 36.4 Å². The Hall–Kier alpha value is -4.33. The molecule has 0 aliphatic carbocycles. The number of ether oxygens (including phenoxy) is 1. The van der Waals surface area contributed by atoms with E-state index in [2.05, 4.69) is 59.8 Å². The lowest BCUT2D eigenvalue weighted by Crippen LogP contribution is -2.21. The average molecular weight is 462 g/mol. The number of hydrogen-bond donors (Lipinski definition) is 0. The maximum Gasteiger partial charge on any atom is 0.138 e. The van der Waals surface area contributed by atoms with E-state index < -0.39 is 0 Å². The topological polar surface area (TPSA) is 80.6 Å². The van der Waals surface area contributed by atoms with Gasteiger partial charge in [-0.25, -0.2) is 0 Å². The molecule has 1 aromatic rings. The third-order valence-corrected chi connectivity index (χ3v) is 5.10. The summed E-state index contributed by atoms with van der Waals surface area (Å²) >= 11 is 0. The van der Waals surface area contributed by atoms with Crippen LogP contribution in [0.3, 0.4) is 0 Å². The summed E-state index contributed by atoms with van der Waals surface area (Å²) in [7, 11) is 0. The molecule has 2 rings (SSSR count). The molecule has 1 aliphatic rings. The molecule has 35 heavy (non-hydrogen) atoms. The third-order valence-electron chi connectivity index (χ3n) is 5.10. The molecule has 0 N–H and O–H groups in total. The molecule has 0 spiro atoms. The average Bonchev–Trinajstić information content (AvgIpc) is 2.82. The van der Waals surface area contributed by atoms with Gasteiger partial charge in [0.25, 0.3) is 0 Å². The molecule has 0 radical (unpaired) electrons. The molecule has 1 aliphatic heterocycles. The second-order valence-corrected chi connectivity index (χ2v) is 10.1. The normalized spacial score (nSPS) is 14.4. The molecule has 0 unspecified atom stereocenters. The first-order valence-electron chi connectivity index (χ1n) is 11.4. The van der Waals surface area contributed by atoms with Gasteiger partial charge in [0.15, 0.2) is 0 Å². The Morgan fingerprint density at radius 3 is 1.77 bits per heavy atom. The molecule has 0 saturated heterocycles. The number of nitrogens with zero attached hydrogens (tertiary/aromatic N) is 3. The molecule has 0 amide bonds. The molecule has 1 heterocycles. The van der Waals surface area contributed by atoms with Gasteiger partial charge in [-0.1, -0.05) is 102 Å². The molecule has 1 aromatic carbocycles. The second kappa shape index (κ2) is 11.7. The molecule has 0 fully saturated rings. The fourth-order valence-electron chi connectivity index (χ4n) is 3.16. The third kappa shape index (κ3) is 7.60. The molecule has 0 atom stereocenters. The monoisotopic (exact) mass is 461 g/mol. The van der Waals surface area contributed by atoms with Crippen LogP contribution in [0.25, 0.3) is 5.57 Å². The molecule has 4 heteroatoms.